The van der Waals surface area contributed by atoms with Gasteiger partial charge in [-0.3, -0.25) is 4.79 Å². The molecule has 4 rings (SSSR count). The zero-order chi connectivity index (χ0) is 23.9. The van der Waals surface area contributed by atoms with Gasteiger partial charge in [0, 0.05) is 17.3 Å². The highest BCUT2D eigenvalue weighted by Crippen LogP contribution is 2.38. The minimum atomic E-state index is -0.374. The van der Waals surface area contributed by atoms with Gasteiger partial charge in [0.2, 0.25) is 5.75 Å². The van der Waals surface area contributed by atoms with Gasteiger partial charge in [-0.05, 0) is 29.8 Å². The molecule has 0 fully saturated rings. The van der Waals surface area contributed by atoms with Crippen LogP contribution in [0.2, 0.25) is 0 Å². The van der Waals surface area contributed by atoms with Crippen molar-refractivity contribution in [3.8, 4) is 34.2 Å². The molecule has 1 aromatic heterocycles. The molecule has 34 heavy (non-hydrogen) atoms. The smallest absolute Gasteiger partial charge is 0.310 e. The normalized spacial score (nSPS) is 10.6. The molecular weight excluding hydrogens is 432 g/mol. The van der Waals surface area contributed by atoms with E-state index in [1.807, 2.05) is 66.9 Å². The number of carbonyl (C=O) groups is 1. The lowest BCUT2D eigenvalue weighted by Gasteiger charge is -2.14. The fourth-order valence-corrected chi connectivity index (χ4v) is 3.68. The molecule has 0 unspecified atom stereocenters. The summed E-state index contributed by atoms with van der Waals surface area (Å²) in [4.78, 5) is 12.7. The Morgan fingerprint density at radius 3 is 2.06 bits per heavy atom. The van der Waals surface area contributed by atoms with Crippen LogP contribution in [-0.4, -0.2) is 37.1 Å². The topological polar surface area (TPSA) is 71.8 Å². The average Bonchev–Trinajstić information content (AvgIpc) is 3.32. The van der Waals surface area contributed by atoms with Gasteiger partial charge in [0.15, 0.2) is 11.5 Å². The van der Waals surface area contributed by atoms with E-state index in [0.29, 0.717) is 22.8 Å². The summed E-state index contributed by atoms with van der Waals surface area (Å²) < 4.78 is 23.5. The zero-order valence-corrected chi connectivity index (χ0v) is 19.4. The summed E-state index contributed by atoms with van der Waals surface area (Å²) in [6, 6.07) is 23.1. The van der Waals surface area contributed by atoms with E-state index in [-0.39, 0.29) is 19.0 Å². The third-order valence-electron chi connectivity index (χ3n) is 5.32. The lowest BCUT2D eigenvalue weighted by molar-refractivity contribution is -0.144. The molecule has 1 heterocycles. The molecule has 3 aromatic carbocycles. The molecule has 0 aliphatic heterocycles. The van der Waals surface area contributed by atoms with E-state index >= 15 is 0 Å². The van der Waals surface area contributed by atoms with E-state index in [9.17, 15) is 4.79 Å². The number of para-hydroxylation sites is 1. The third-order valence-corrected chi connectivity index (χ3v) is 5.32. The maximum Gasteiger partial charge on any atom is 0.310 e. The molecule has 0 bridgehead atoms. The lowest BCUT2D eigenvalue weighted by atomic mass is 10.1. The maximum atomic E-state index is 12.7. The van der Waals surface area contributed by atoms with Crippen molar-refractivity contribution >= 4 is 5.97 Å². The summed E-state index contributed by atoms with van der Waals surface area (Å²) in [6.45, 7) is 0.0975. The van der Waals surface area contributed by atoms with Gasteiger partial charge in [-0.25, -0.2) is 4.68 Å². The second-order valence-corrected chi connectivity index (χ2v) is 7.52. The number of ether oxygens (including phenoxy) is 4. The quantitative estimate of drug-likeness (QED) is 0.334. The van der Waals surface area contributed by atoms with Crippen LogP contribution >= 0.6 is 0 Å². The van der Waals surface area contributed by atoms with Crippen LogP contribution in [0.15, 0.2) is 79.0 Å². The highest BCUT2D eigenvalue weighted by molar-refractivity contribution is 5.74. The molecule has 7 nitrogen and oxygen atoms in total. The molecule has 0 aliphatic rings. The van der Waals surface area contributed by atoms with Crippen LogP contribution in [0.25, 0.3) is 16.9 Å². The van der Waals surface area contributed by atoms with Crippen molar-refractivity contribution in [1.29, 1.82) is 0 Å². The highest BCUT2D eigenvalue weighted by Gasteiger charge is 2.17. The zero-order valence-electron chi connectivity index (χ0n) is 19.4. The molecule has 0 amide bonds. The van der Waals surface area contributed by atoms with Crippen LogP contribution < -0.4 is 14.2 Å². The predicted molar refractivity (Wildman–Crippen MR) is 129 cm³/mol. The van der Waals surface area contributed by atoms with Gasteiger partial charge in [-0.15, -0.1) is 0 Å². The van der Waals surface area contributed by atoms with E-state index in [0.717, 1.165) is 22.5 Å². The molecule has 0 saturated heterocycles. The number of benzene rings is 3. The average molecular weight is 459 g/mol. The van der Waals surface area contributed by atoms with Crippen LogP contribution in [0.5, 0.6) is 17.2 Å². The summed E-state index contributed by atoms with van der Waals surface area (Å²) >= 11 is 0. The van der Waals surface area contributed by atoms with Crippen LogP contribution in [0.1, 0.15) is 11.1 Å². The molecule has 4 aromatic rings. The van der Waals surface area contributed by atoms with Gasteiger partial charge in [0.25, 0.3) is 0 Å². The van der Waals surface area contributed by atoms with E-state index < -0.39 is 0 Å². The van der Waals surface area contributed by atoms with Crippen LogP contribution in [-0.2, 0) is 22.6 Å². The Morgan fingerprint density at radius 1 is 0.853 bits per heavy atom. The van der Waals surface area contributed by atoms with Crippen molar-refractivity contribution in [3.05, 3.63) is 90.1 Å². The summed E-state index contributed by atoms with van der Waals surface area (Å²) in [5.74, 6) is 1.07. The summed E-state index contributed by atoms with van der Waals surface area (Å²) in [5.41, 5.74) is 4.16. The van der Waals surface area contributed by atoms with E-state index in [2.05, 4.69) is 0 Å². The van der Waals surface area contributed by atoms with Crippen molar-refractivity contribution in [1.82, 2.24) is 9.78 Å². The largest absolute Gasteiger partial charge is 0.493 e. The number of hydrogen-bond acceptors (Lipinski definition) is 6. The number of aromatic nitrogens is 2. The lowest BCUT2D eigenvalue weighted by Crippen LogP contribution is -2.09. The van der Waals surface area contributed by atoms with Crippen molar-refractivity contribution in [2.24, 2.45) is 0 Å². The Bertz CT molecular complexity index is 1230. The summed E-state index contributed by atoms with van der Waals surface area (Å²) in [6.07, 6.45) is 1.95. The first-order valence-corrected chi connectivity index (χ1v) is 10.8. The van der Waals surface area contributed by atoms with Gasteiger partial charge in [0.1, 0.15) is 6.61 Å². The number of nitrogens with zero attached hydrogens (tertiary/aromatic N) is 2. The number of methoxy groups -OCH3 is 3. The predicted octanol–water partition coefficient (Wildman–Crippen LogP) is 4.85. The van der Waals surface area contributed by atoms with Crippen molar-refractivity contribution in [3.63, 3.8) is 0 Å². The molecular formula is C27H26N2O5. The fourth-order valence-electron chi connectivity index (χ4n) is 3.68. The molecule has 174 valence electrons. The molecule has 0 saturated carbocycles. The number of rotatable bonds is 9. The molecule has 0 atom stereocenters. The van der Waals surface area contributed by atoms with Gasteiger partial charge < -0.3 is 18.9 Å². The summed E-state index contributed by atoms with van der Waals surface area (Å²) in [5, 5.41) is 4.76. The summed E-state index contributed by atoms with van der Waals surface area (Å²) in [7, 11) is 4.61. The number of hydrogen-bond donors (Lipinski definition) is 0. The van der Waals surface area contributed by atoms with Crippen LogP contribution in [0.3, 0.4) is 0 Å². The van der Waals surface area contributed by atoms with Crippen LogP contribution in [0.4, 0.5) is 0 Å². The Morgan fingerprint density at radius 2 is 1.47 bits per heavy atom. The van der Waals surface area contributed by atoms with Gasteiger partial charge in [-0.2, -0.15) is 5.10 Å². The Hall–Kier alpha value is -4.26. The third kappa shape index (κ3) is 5.04. The first kappa shape index (κ1) is 22.9. The highest BCUT2D eigenvalue weighted by atomic mass is 16.5. The maximum absolute atomic E-state index is 12.7. The van der Waals surface area contributed by atoms with Gasteiger partial charge in [-0.1, -0.05) is 48.5 Å². The van der Waals surface area contributed by atoms with E-state index in [1.54, 1.807) is 16.8 Å². The van der Waals surface area contributed by atoms with E-state index in [4.69, 9.17) is 24.0 Å². The first-order valence-electron chi connectivity index (χ1n) is 10.8. The number of esters is 1. The minimum absolute atomic E-state index is 0.0597. The minimum Gasteiger partial charge on any atom is -0.493 e. The Labute approximate surface area is 198 Å². The molecule has 7 heteroatoms. The fraction of sp³-hybridized carbons (Fsp3) is 0.185. The second-order valence-electron chi connectivity index (χ2n) is 7.52. The first-order chi connectivity index (χ1) is 16.6. The van der Waals surface area contributed by atoms with Crippen molar-refractivity contribution in [2.45, 2.75) is 13.0 Å². The molecule has 0 radical (unpaired) electrons. The van der Waals surface area contributed by atoms with Crippen LogP contribution in [0, 0.1) is 0 Å². The van der Waals surface area contributed by atoms with Crippen molar-refractivity contribution in [2.75, 3.05) is 21.3 Å². The SMILES string of the molecule is COc1cc(CC(=O)OCc2cn(-c3ccccc3)nc2-c2ccccc2)cc(OC)c1OC. The standard InChI is InChI=1S/C27H26N2O5/c1-31-23-14-19(15-24(32-2)27(23)33-3)16-25(30)34-18-21-17-29(22-12-8-5-9-13-22)28-26(21)20-10-6-4-7-11-20/h4-15,17H,16,18H2,1-3H3. The Kier molecular flexibility index (Phi) is 7.13. The second kappa shape index (κ2) is 10.6. The van der Waals surface area contributed by atoms with Gasteiger partial charge in [0.05, 0.1) is 39.1 Å². The monoisotopic (exact) mass is 458 g/mol. The Balaban J connectivity index is 1.54. The molecule has 0 N–H and O–H groups in total. The molecule has 0 aliphatic carbocycles. The number of carbonyl (C=O) groups excluding carboxylic acids is 1. The van der Waals surface area contributed by atoms with Crippen molar-refractivity contribution < 1.29 is 23.7 Å². The van der Waals surface area contributed by atoms with E-state index in [1.165, 1.54) is 21.3 Å². The van der Waals surface area contributed by atoms with Gasteiger partial charge >= 0.3 is 5.97 Å². The molecule has 0 spiro atoms.